The molecule has 0 aromatic heterocycles. The van der Waals surface area contributed by atoms with Gasteiger partial charge in [-0.05, 0) is 19.4 Å². The van der Waals surface area contributed by atoms with Crippen molar-refractivity contribution in [3.05, 3.63) is 0 Å². The van der Waals surface area contributed by atoms with Gasteiger partial charge in [0.2, 0.25) is 0 Å². The first-order valence-electron chi connectivity index (χ1n) is 7.05. The van der Waals surface area contributed by atoms with Crippen LogP contribution in [0.5, 0.6) is 0 Å². The summed E-state index contributed by atoms with van der Waals surface area (Å²) in [7, 11) is 0. The first kappa shape index (κ1) is 13.3. The number of likely N-dealkylation sites (N-methyl/N-ethyl adjacent to an activating group) is 1. The van der Waals surface area contributed by atoms with Crippen LogP contribution in [0.3, 0.4) is 0 Å². The minimum Gasteiger partial charge on any atom is -0.392 e. The number of aliphatic hydroxyl groups excluding tert-OH is 1. The Morgan fingerprint density at radius 1 is 1.35 bits per heavy atom. The van der Waals surface area contributed by atoms with Crippen LogP contribution in [0.2, 0.25) is 0 Å². The highest BCUT2D eigenvalue weighted by Crippen LogP contribution is 2.18. The van der Waals surface area contributed by atoms with E-state index >= 15 is 0 Å². The summed E-state index contributed by atoms with van der Waals surface area (Å²) in [5.41, 5.74) is 0. The molecule has 1 saturated carbocycles. The predicted octanol–water partition coefficient (Wildman–Crippen LogP) is 0.600. The molecule has 0 bridgehead atoms. The number of ether oxygens (including phenoxy) is 1. The van der Waals surface area contributed by atoms with Crippen molar-refractivity contribution in [2.75, 3.05) is 32.8 Å². The maximum atomic E-state index is 9.88. The summed E-state index contributed by atoms with van der Waals surface area (Å²) in [6, 6.07) is 0.282. The molecular weight excluding hydrogens is 216 g/mol. The number of rotatable bonds is 4. The number of aliphatic hydroxyl groups is 1. The van der Waals surface area contributed by atoms with Crippen molar-refractivity contribution in [1.82, 2.24) is 10.2 Å². The lowest BCUT2D eigenvalue weighted by Crippen LogP contribution is -2.50. The van der Waals surface area contributed by atoms with Crippen LogP contribution in [0.1, 0.15) is 32.6 Å². The van der Waals surface area contributed by atoms with Crippen molar-refractivity contribution in [3.63, 3.8) is 0 Å². The second-order valence-electron chi connectivity index (χ2n) is 5.25. The van der Waals surface area contributed by atoms with Gasteiger partial charge in [0.15, 0.2) is 0 Å². The average molecular weight is 242 g/mol. The van der Waals surface area contributed by atoms with E-state index in [-0.39, 0.29) is 18.2 Å². The van der Waals surface area contributed by atoms with Gasteiger partial charge < -0.3 is 15.2 Å². The van der Waals surface area contributed by atoms with Crippen molar-refractivity contribution in [2.24, 2.45) is 0 Å². The molecule has 0 amide bonds. The zero-order valence-electron chi connectivity index (χ0n) is 10.9. The monoisotopic (exact) mass is 242 g/mol. The fourth-order valence-electron chi connectivity index (χ4n) is 2.82. The molecule has 3 atom stereocenters. The van der Waals surface area contributed by atoms with Gasteiger partial charge in [-0.3, -0.25) is 4.90 Å². The summed E-state index contributed by atoms with van der Waals surface area (Å²) in [4.78, 5) is 2.42. The second-order valence-corrected chi connectivity index (χ2v) is 5.25. The van der Waals surface area contributed by atoms with E-state index in [1.165, 1.54) is 12.8 Å². The van der Waals surface area contributed by atoms with Gasteiger partial charge in [-0.2, -0.15) is 0 Å². The third-order valence-electron chi connectivity index (χ3n) is 4.01. The second kappa shape index (κ2) is 6.69. The maximum absolute atomic E-state index is 9.88. The van der Waals surface area contributed by atoms with Crippen LogP contribution in [-0.4, -0.2) is 61.0 Å². The maximum Gasteiger partial charge on any atom is 0.0826 e. The Kier molecular flexibility index (Phi) is 5.22. The van der Waals surface area contributed by atoms with Gasteiger partial charge in [-0.25, -0.2) is 0 Å². The molecule has 0 aromatic rings. The fraction of sp³-hybridized carbons (Fsp3) is 1.00. The third-order valence-corrected chi connectivity index (χ3v) is 4.01. The Labute approximate surface area is 104 Å². The number of morpholine rings is 1. The summed E-state index contributed by atoms with van der Waals surface area (Å²) >= 11 is 0. The first-order valence-corrected chi connectivity index (χ1v) is 7.05. The molecule has 2 aliphatic rings. The van der Waals surface area contributed by atoms with E-state index in [1.54, 1.807) is 0 Å². The molecule has 4 nitrogen and oxygen atoms in total. The molecule has 2 rings (SSSR count). The molecule has 1 aliphatic heterocycles. The number of hydrogen-bond acceptors (Lipinski definition) is 4. The summed E-state index contributed by atoms with van der Waals surface area (Å²) in [5, 5.41) is 13.4. The summed E-state index contributed by atoms with van der Waals surface area (Å²) < 4.78 is 5.75. The molecule has 2 fully saturated rings. The number of nitrogens with one attached hydrogen (secondary N) is 1. The Bertz CT molecular complexity index is 225. The fourth-order valence-corrected chi connectivity index (χ4v) is 2.82. The van der Waals surface area contributed by atoms with Crippen molar-refractivity contribution < 1.29 is 9.84 Å². The van der Waals surface area contributed by atoms with Gasteiger partial charge in [-0.1, -0.05) is 19.8 Å². The van der Waals surface area contributed by atoms with Gasteiger partial charge in [-0.15, -0.1) is 0 Å². The normalized spacial score (nSPS) is 36.0. The minimum atomic E-state index is -0.158. The highest BCUT2D eigenvalue weighted by molar-refractivity contribution is 4.82. The van der Waals surface area contributed by atoms with Crippen LogP contribution in [0.15, 0.2) is 0 Å². The standard InChI is InChI=1S/C13H26N2O2/c1-2-15-7-8-17-11(10-15)9-14-12-5-3-4-6-13(12)16/h11-14,16H,2-10H2,1H3. The SMILES string of the molecule is CCN1CCOC(CNC2CCCCC2O)C1. The molecule has 3 unspecified atom stereocenters. The van der Waals surface area contributed by atoms with E-state index in [9.17, 15) is 5.11 Å². The summed E-state index contributed by atoms with van der Waals surface area (Å²) in [5.74, 6) is 0. The lowest BCUT2D eigenvalue weighted by molar-refractivity contribution is -0.0297. The molecule has 100 valence electrons. The van der Waals surface area contributed by atoms with E-state index < -0.39 is 0 Å². The smallest absolute Gasteiger partial charge is 0.0826 e. The van der Waals surface area contributed by atoms with Gasteiger partial charge in [0.1, 0.15) is 0 Å². The zero-order valence-corrected chi connectivity index (χ0v) is 10.9. The van der Waals surface area contributed by atoms with Crippen LogP contribution in [0, 0.1) is 0 Å². The van der Waals surface area contributed by atoms with Crippen LogP contribution >= 0.6 is 0 Å². The molecule has 17 heavy (non-hydrogen) atoms. The van der Waals surface area contributed by atoms with E-state index in [0.717, 1.165) is 45.6 Å². The van der Waals surface area contributed by atoms with E-state index in [0.29, 0.717) is 0 Å². The third kappa shape index (κ3) is 3.91. The highest BCUT2D eigenvalue weighted by Gasteiger charge is 2.25. The van der Waals surface area contributed by atoms with Crippen molar-refractivity contribution >= 4 is 0 Å². The van der Waals surface area contributed by atoms with Crippen LogP contribution in [0.25, 0.3) is 0 Å². The number of nitrogens with zero attached hydrogens (tertiary/aromatic N) is 1. The molecule has 4 heteroatoms. The summed E-state index contributed by atoms with van der Waals surface area (Å²) in [6.45, 7) is 7.09. The molecule has 2 N–H and O–H groups in total. The van der Waals surface area contributed by atoms with E-state index in [2.05, 4.69) is 17.1 Å². The minimum absolute atomic E-state index is 0.158. The molecule has 1 saturated heterocycles. The van der Waals surface area contributed by atoms with Crippen molar-refractivity contribution in [1.29, 1.82) is 0 Å². The van der Waals surface area contributed by atoms with Crippen LogP contribution in [0.4, 0.5) is 0 Å². The Hall–Kier alpha value is -0.160. The quantitative estimate of drug-likeness (QED) is 0.758. The predicted molar refractivity (Wildman–Crippen MR) is 68.1 cm³/mol. The van der Waals surface area contributed by atoms with E-state index in [4.69, 9.17) is 4.74 Å². The van der Waals surface area contributed by atoms with Crippen molar-refractivity contribution in [3.8, 4) is 0 Å². The molecule has 1 heterocycles. The van der Waals surface area contributed by atoms with Crippen LogP contribution in [-0.2, 0) is 4.74 Å². The van der Waals surface area contributed by atoms with Crippen molar-refractivity contribution in [2.45, 2.75) is 50.9 Å². The molecule has 0 spiro atoms. The Balaban J connectivity index is 1.69. The lowest BCUT2D eigenvalue weighted by atomic mass is 9.92. The van der Waals surface area contributed by atoms with E-state index in [1.807, 2.05) is 0 Å². The molecule has 0 aromatic carbocycles. The van der Waals surface area contributed by atoms with Gasteiger partial charge >= 0.3 is 0 Å². The van der Waals surface area contributed by atoms with Gasteiger partial charge in [0.25, 0.3) is 0 Å². The number of hydrogen-bond donors (Lipinski definition) is 2. The molecular formula is C13H26N2O2. The zero-order chi connectivity index (χ0) is 12.1. The van der Waals surface area contributed by atoms with Crippen LogP contribution < -0.4 is 5.32 Å². The molecule has 0 radical (unpaired) electrons. The highest BCUT2D eigenvalue weighted by atomic mass is 16.5. The first-order chi connectivity index (χ1) is 8.29. The van der Waals surface area contributed by atoms with Gasteiger partial charge in [0, 0.05) is 25.7 Å². The largest absolute Gasteiger partial charge is 0.392 e. The average Bonchev–Trinajstić information content (AvgIpc) is 2.38. The summed E-state index contributed by atoms with van der Waals surface area (Å²) in [6.07, 6.45) is 4.59. The lowest BCUT2D eigenvalue weighted by Gasteiger charge is -2.34. The Morgan fingerprint density at radius 2 is 2.18 bits per heavy atom. The topological polar surface area (TPSA) is 44.7 Å². The Morgan fingerprint density at radius 3 is 2.94 bits per heavy atom. The molecule has 1 aliphatic carbocycles. The van der Waals surface area contributed by atoms with Gasteiger partial charge in [0.05, 0.1) is 18.8 Å².